The minimum atomic E-state index is -0.167. The van der Waals surface area contributed by atoms with Crippen LogP contribution in [0.15, 0.2) is 17.2 Å². The maximum absolute atomic E-state index is 12.7. The molecular weight excluding hydrogens is 252 g/mol. The molecule has 3 heterocycles. The van der Waals surface area contributed by atoms with Crippen LogP contribution in [-0.4, -0.2) is 14.5 Å². The Morgan fingerprint density at radius 3 is 2.80 bits per heavy atom. The molecule has 0 saturated heterocycles. The third-order valence-corrected chi connectivity index (χ3v) is 4.98. The predicted octanol–water partition coefficient (Wildman–Crippen LogP) is 1.64. The molecular formula is C15H18N4O. The second kappa shape index (κ2) is 3.88. The summed E-state index contributed by atoms with van der Waals surface area (Å²) in [7, 11) is 0. The van der Waals surface area contributed by atoms with Crippen LogP contribution in [0.1, 0.15) is 50.0 Å². The van der Waals surface area contributed by atoms with Crippen LogP contribution in [0.4, 0.5) is 0 Å². The highest BCUT2D eigenvalue weighted by molar-refractivity contribution is 5.80. The van der Waals surface area contributed by atoms with Gasteiger partial charge in [0.2, 0.25) is 0 Å². The van der Waals surface area contributed by atoms with Crippen molar-refractivity contribution < 1.29 is 0 Å². The summed E-state index contributed by atoms with van der Waals surface area (Å²) in [5, 5.41) is 0.597. The Hall–Kier alpha value is -1.75. The Morgan fingerprint density at radius 1 is 1.35 bits per heavy atom. The van der Waals surface area contributed by atoms with Gasteiger partial charge in [0.05, 0.1) is 10.9 Å². The molecule has 4 rings (SSSR count). The Kier molecular flexibility index (Phi) is 2.33. The van der Waals surface area contributed by atoms with E-state index in [1.807, 2.05) is 11.5 Å². The number of rotatable bonds is 1. The van der Waals surface area contributed by atoms with E-state index in [-0.39, 0.29) is 17.0 Å². The Labute approximate surface area is 116 Å². The van der Waals surface area contributed by atoms with E-state index >= 15 is 0 Å². The summed E-state index contributed by atoms with van der Waals surface area (Å²) in [6.07, 6.45) is 7.96. The molecule has 5 nitrogen and oxygen atoms in total. The minimum absolute atomic E-state index is 0.0452. The highest BCUT2D eigenvalue weighted by atomic mass is 16.1. The van der Waals surface area contributed by atoms with Crippen molar-refractivity contribution in [2.75, 3.05) is 0 Å². The van der Waals surface area contributed by atoms with Crippen LogP contribution in [-0.2, 0) is 12.0 Å². The fourth-order valence-corrected chi connectivity index (χ4v) is 3.62. The van der Waals surface area contributed by atoms with Crippen molar-refractivity contribution >= 4 is 10.9 Å². The fraction of sp³-hybridized carbons (Fsp3) is 0.533. The third kappa shape index (κ3) is 1.38. The fourth-order valence-electron chi connectivity index (χ4n) is 3.62. The van der Waals surface area contributed by atoms with Crippen LogP contribution < -0.4 is 11.3 Å². The van der Waals surface area contributed by atoms with Crippen LogP contribution in [0.3, 0.4) is 0 Å². The summed E-state index contributed by atoms with van der Waals surface area (Å²) in [4.78, 5) is 21.7. The molecule has 1 saturated carbocycles. The molecule has 1 atom stereocenters. The first-order valence-corrected chi connectivity index (χ1v) is 7.27. The van der Waals surface area contributed by atoms with Gasteiger partial charge in [0.25, 0.3) is 5.56 Å². The molecule has 1 aliphatic heterocycles. The normalized spacial score (nSPS) is 20.9. The van der Waals surface area contributed by atoms with Crippen molar-refractivity contribution in [3.8, 4) is 0 Å². The first-order chi connectivity index (χ1) is 9.62. The summed E-state index contributed by atoms with van der Waals surface area (Å²) < 4.78 is 1.86. The van der Waals surface area contributed by atoms with Gasteiger partial charge < -0.3 is 5.73 Å². The van der Waals surface area contributed by atoms with E-state index in [0.717, 1.165) is 42.7 Å². The van der Waals surface area contributed by atoms with Gasteiger partial charge in [-0.05, 0) is 26.2 Å². The molecule has 0 unspecified atom stereocenters. The number of fused-ring (bicyclic) bond motifs is 3. The van der Waals surface area contributed by atoms with Crippen molar-refractivity contribution in [3.63, 3.8) is 0 Å². The number of hydrogen-bond donors (Lipinski definition) is 1. The molecule has 2 N–H and O–H groups in total. The maximum atomic E-state index is 12.7. The van der Waals surface area contributed by atoms with Crippen LogP contribution in [0.5, 0.6) is 0 Å². The van der Waals surface area contributed by atoms with Gasteiger partial charge in [-0.15, -0.1) is 0 Å². The van der Waals surface area contributed by atoms with Gasteiger partial charge in [0, 0.05) is 36.0 Å². The zero-order valence-electron chi connectivity index (χ0n) is 11.6. The van der Waals surface area contributed by atoms with E-state index in [1.54, 1.807) is 12.4 Å². The van der Waals surface area contributed by atoms with Gasteiger partial charge >= 0.3 is 0 Å². The first kappa shape index (κ1) is 12.0. The molecule has 2 aromatic heterocycles. The SMILES string of the molecule is C[C@@H](N)c1cncc2c(=O)n3c(nc12)C1(CCC1)CC3. The second-order valence-corrected chi connectivity index (χ2v) is 6.19. The topological polar surface area (TPSA) is 73.8 Å². The number of pyridine rings is 1. The first-order valence-electron chi connectivity index (χ1n) is 7.27. The Bertz CT molecular complexity index is 758. The molecule has 1 fully saturated rings. The van der Waals surface area contributed by atoms with Crippen LogP contribution in [0.25, 0.3) is 10.9 Å². The Morgan fingerprint density at radius 2 is 2.15 bits per heavy atom. The van der Waals surface area contributed by atoms with Crippen molar-refractivity contribution in [2.45, 2.75) is 50.6 Å². The van der Waals surface area contributed by atoms with Gasteiger partial charge in [-0.2, -0.15) is 0 Å². The number of nitrogens with two attached hydrogens (primary N) is 1. The third-order valence-electron chi connectivity index (χ3n) is 4.98. The number of nitrogens with zero attached hydrogens (tertiary/aromatic N) is 3. The van der Waals surface area contributed by atoms with E-state index in [4.69, 9.17) is 10.7 Å². The van der Waals surface area contributed by atoms with Crippen LogP contribution in [0, 0.1) is 0 Å². The van der Waals surface area contributed by atoms with Crippen LogP contribution >= 0.6 is 0 Å². The molecule has 1 aliphatic carbocycles. The largest absolute Gasteiger partial charge is 0.324 e. The zero-order valence-corrected chi connectivity index (χ0v) is 11.6. The highest BCUT2D eigenvalue weighted by Crippen LogP contribution is 2.49. The summed E-state index contributed by atoms with van der Waals surface area (Å²) in [6.45, 7) is 2.70. The smallest absolute Gasteiger partial charge is 0.262 e. The molecule has 0 amide bonds. The van der Waals surface area contributed by atoms with E-state index < -0.39 is 0 Å². The van der Waals surface area contributed by atoms with Gasteiger partial charge in [0.1, 0.15) is 5.82 Å². The van der Waals surface area contributed by atoms with E-state index in [9.17, 15) is 4.79 Å². The Balaban J connectivity index is 2.07. The van der Waals surface area contributed by atoms with Gasteiger partial charge in [-0.1, -0.05) is 6.42 Å². The molecule has 2 aliphatic rings. The van der Waals surface area contributed by atoms with Crippen molar-refractivity contribution in [3.05, 3.63) is 34.1 Å². The molecule has 0 bridgehead atoms. The summed E-state index contributed by atoms with van der Waals surface area (Å²) >= 11 is 0. The number of aromatic nitrogens is 3. The monoisotopic (exact) mass is 270 g/mol. The van der Waals surface area contributed by atoms with E-state index in [2.05, 4.69) is 4.98 Å². The van der Waals surface area contributed by atoms with Gasteiger partial charge in [0.15, 0.2) is 0 Å². The van der Waals surface area contributed by atoms with E-state index in [1.165, 1.54) is 6.42 Å². The lowest BCUT2D eigenvalue weighted by Crippen LogP contribution is -2.34. The quantitative estimate of drug-likeness (QED) is 0.854. The lowest BCUT2D eigenvalue weighted by atomic mass is 9.67. The summed E-state index contributed by atoms with van der Waals surface area (Å²) in [5.74, 6) is 0.981. The molecule has 1 spiro atoms. The molecule has 0 aromatic carbocycles. The number of hydrogen-bond acceptors (Lipinski definition) is 4. The molecule has 2 aromatic rings. The standard InChI is InChI=1S/C15H18N4O/c1-9(16)10-7-17-8-11-12(10)18-14-15(3-2-4-15)5-6-19(14)13(11)20/h7-9H,2-6,16H2,1H3/t9-/m1/s1. The minimum Gasteiger partial charge on any atom is -0.324 e. The maximum Gasteiger partial charge on any atom is 0.262 e. The molecule has 104 valence electrons. The highest BCUT2D eigenvalue weighted by Gasteiger charge is 2.46. The van der Waals surface area contributed by atoms with Crippen molar-refractivity contribution in [1.29, 1.82) is 0 Å². The lowest BCUT2D eigenvalue weighted by Gasteiger charge is -2.37. The molecule has 0 radical (unpaired) electrons. The average Bonchev–Trinajstić information content (AvgIpc) is 2.78. The lowest BCUT2D eigenvalue weighted by molar-refractivity contribution is 0.238. The second-order valence-electron chi connectivity index (χ2n) is 6.19. The molecule has 20 heavy (non-hydrogen) atoms. The molecule has 5 heteroatoms. The summed E-state index contributed by atoms with van der Waals surface area (Å²) in [6, 6.07) is -0.167. The predicted molar refractivity (Wildman–Crippen MR) is 76.5 cm³/mol. The average molecular weight is 270 g/mol. The van der Waals surface area contributed by atoms with Crippen LogP contribution in [0.2, 0.25) is 0 Å². The van der Waals surface area contributed by atoms with Gasteiger partial charge in [-0.25, -0.2) is 4.98 Å². The van der Waals surface area contributed by atoms with E-state index in [0.29, 0.717) is 5.39 Å². The van der Waals surface area contributed by atoms with Gasteiger partial charge in [-0.3, -0.25) is 14.3 Å². The van der Waals surface area contributed by atoms with Crippen molar-refractivity contribution in [1.82, 2.24) is 14.5 Å². The van der Waals surface area contributed by atoms with Crippen molar-refractivity contribution in [2.24, 2.45) is 5.73 Å². The summed E-state index contributed by atoms with van der Waals surface area (Å²) in [5.41, 5.74) is 7.82. The zero-order chi connectivity index (χ0) is 13.9.